The molecule has 0 spiro atoms. The van der Waals surface area contributed by atoms with Crippen molar-refractivity contribution in [2.45, 2.75) is 0 Å². The maximum absolute atomic E-state index is 2.68. The maximum atomic E-state index is 2.68. The zero-order valence-electron chi connectivity index (χ0n) is 54.1. The highest BCUT2D eigenvalue weighted by atomic mass is 32.1. The molecule has 0 N–H and O–H groups in total. The van der Waals surface area contributed by atoms with Crippen molar-refractivity contribution in [2.24, 2.45) is 0 Å². The van der Waals surface area contributed by atoms with Crippen molar-refractivity contribution in [2.75, 3.05) is 29.4 Å². The van der Waals surface area contributed by atoms with E-state index in [1.165, 1.54) is 84.5 Å². The van der Waals surface area contributed by atoms with Crippen LogP contribution in [0.3, 0.4) is 0 Å². The van der Waals surface area contributed by atoms with E-state index in [0.29, 0.717) is 0 Å². The van der Waals surface area contributed by atoms with Gasteiger partial charge in [0, 0.05) is 111 Å². The average Bonchev–Trinajstić information content (AvgIpc) is 0.881. The number of benzene rings is 15. The molecule has 2 aromatic heterocycles. The van der Waals surface area contributed by atoms with E-state index in [1.807, 2.05) is 22.7 Å². The molecule has 0 unspecified atom stereocenters. The predicted molar refractivity (Wildman–Crippen MR) is 430 cm³/mol. The predicted octanol–water partition coefficient (Wildman–Crippen LogP) is 21.5. The number of nitrogens with zero attached hydrogens (tertiary/aromatic N) is 6. The first kappa shape index (κ1) is 56.8. The van der Waals surface area contributed by atoms with Crippen LogP contribution in [0, 0.1) is 0 Å². The van der Waals surface area contributed by atoms with E-state index < -0.39 is 0 Å². The lowest BCUT2D eigenvalue weighted by Gasteiger charge is -2.48. The standard InChI is InChI=1S/C90H58B2N6S2/c1-9-29-59(30-10-1)93(60-31-11-2-12-32-60)67-53-79-85-81(55-67)97(65-41-21-7-22-42-65)87-73(51-49-71-69-45-25-27-47-83(69)99-89(71)87)91(85)75-57-76-78(58-77(75)95(79)63-37-17-5-18-38-63)96(64-39-19-6-20-40-64)80-54-68(94(61-33-13-3-14-34-61)62-35-15-4-16-36-62)56-82-86(80)92(76)74-52-50-72-70-46-26-28-48-84(70)100-90(72)88(74)98(82)66-43-23-8-24-44-66/h1-58H. The smallest absolute Gasteiger partial charge is 0.252 e. The van der Waals surface area contributed by atoms with E-state index in [4.69, 9.17) is 0 Å². The first-order chi connectivity index (χ1) is 49.7. The number of hydrogen-bond acceptors (Lipinski definition) is 8. The zero-order valence-corrected chi connectivity index (χ0v) is 55.8. The lowest BCUT2D eigenvalue weighted by atomic mass is 9.30. The van der Waals surface area contributed by atoms with Crippen molar-refractivity contribution >= 4 is 212 Å². The van der Waals surface area contributed by atoms with Crippen molar-refractivity contribution in [1.82, 2.24) is 0 Å². The Morgan fingerprint density at radius 2 is 0.510 bits per heavy atom. The normalized spacial score (nSPS) is 13.1. The molecule has 15 aromatic carbocycles. The van der Waals surface area contributed by atoms with Gasteiger partial charge < -0.3 is 29.4 Å². The van der Waals surface area contributed by atoms with Crippen molar-refractivity contribution in [1.29, 1.82) is 0 Å². The second-order valence-corrected chi connectivity index (χ2v) is 28.4. The van der Waals surface area contributed by atoms with E-state index in [1.54, 1.807) is 0 Å². The Morgan fingerprint density at radius 1 is 0.220 bits per heavy atom. The summed E-state index contributed by atoms with van der Waals surface area (Å²) in [7, 11) is 0. The Hall–Kier alpha value is -12.3. The summed E-state index contributed by atoms with van der Waals surface area (Å²) in [4.78, 5) is 15.3. The zero-order chi connectivity index (χ0) is 65.5. The fourth-order valence-electron chi connectivity index (χ4n) is 16.8. The first-order valence-corrected chi connectivity index (χ1v) is 35.9. The van der Waals surface area contributed by atoms with Crippen LogP contribution < -0.4 is 62.2 Å². The lowest BCUT2D eigenvalue weighted by molar-refractivity contribution is 1.22. The molecular formula is C90H58B2N6S2. The van der Waals surface area contributed by atoms with Crippen molar-refractivity contribution < 1.29 is 0 Å². The van der Waals surface area contributed by atoms with Gasteiger partial charge in [-0.05, 0) is 172 Å². The number of rotatable bonds is 10. The fourth-order valence-corrected chi connectivity index (χ4v) is 19.3. The summed E-state index contributed by atoms with van der Waals surface area (Å²) in [6, 6.07) is 131. The minimum absolute atomic E-state index is 0.224. The van der Waals surface area contributed by atoms with Gasteiger partial charge in [0.25, 0.3) is 13.4 Å². The number of thiophene rings is 2. The molecule has 0 bridgehead atoms. The van der Waals surface area contributed by atoms with Gasteiger partial charge in [-0.25, -0.2) is 0 Å². The highest BCUT2D eigenvalue weighted by Crippen LogP contribution is 2.55. The Bertz CT molecular complexity index is 5630. The second-order valence-electron chi connectivity index (χ2n) is 26.3. The van der Waals surface area contributed by atoms with E-state index in [9.17, 15) is 0 Å². The number of para-hydroxylation sites is 8. The quantitative estimate of drug-likeness (QED) is 0.126. The lowest BCUT2D eigenvalue weighted by Crippen LogP contribution is -2.65. The number of hydrogen-bond donors (Lipinski definition) is 0. The molecule has 100 heavy (non-hydrogen) atoms. The molecule has 4 aliphatic rings. The molecule has 21 rings (SSSR count). The number of anilines is 18. The highest BCUT2D eigenvalue weighted by Gasteiger charge is 2.50. The van der Waals surface area contributed by atoms with Gasteiger partial charge in [0.2, 0.25) is 0 Å². The summed E-state index contributed by atoms with van der Waals surface area (Å²) < 4.78 is 5.09. The van der Waals surface area contributed by atoms with Gasteiger partial charge >= 0.3 is 0 Å². The molecule has 0 aliphatic carbocycles. The average molecular weight is 1310 g/mol. The topological polar surface area (TPSA) is 19.4 Å². The van der Waals surface area contributed by atoms with Gasteiger partial charge in [0.1, 0.15) is 0 Å². The molecule has 0 saturated heterocycles. The van der Waals surface area contributed by atoms with Crippen molar-refractivity contribution in [3.63, 3.8) is 0 Å². The minimum Gasteiger partial charge on any atom is -0.311 e. The third-order valence-electron chi connectivity index (χ3n) is 20.9. The van der Waals surface area contributed by atoms with E-state index >= 15 is 0 Å². The molecule has 0 saturated carbocycles. The minimum atomic E-state index is -0.224. The van der Waals surface area contributed by atoms with Crippen molar-refractivity contribution in [3.05, 3.63) is 352 Å². The molecular weight excluding hydrogens is 1250 g/mol. The van der Waals surface area contributed by atoms with Crippen LogP contribution in [0.4, 0.5) is 102 Å². The molecule has 0 radical (unpaired) electrons. The fraction of sp³-hybridized carbons (Fsp3) is 0. The summed E-state index contributed by atoms with van der Waals surface area (Å²) in [6.45, 7) is -0.447. The van der Waals surface area contributed by atoms with Gasteiger partial charge in [-0.15, -0.1) is 22.7 Å². The van der Waals surface area contributed by atoms with Crippen LogP contribution in [0.5, 0.6) is 0 Å². The third kappa shape index (κ3) is 8.57. The number of fused-ring (bicyclic) bond motifs is 16. The van der Waals surface area contributed by atoms with Gasteiger partial charge in [-0.3, -0.25) is 0 Å². The summed E-state index contributed by atoms with van der Waals surface area (Å²) >= 11 is 3.82. The molecule has 0 atom stereocenters. The van der Waals surface area contributed by atoms with Crippen LogP contribution in [0.1, 0.15) is 0 Å². The third-order valence-corrected chi connectivity index (χ3v) is 23.3. The molecule has 4 aliphatic heterocycles. The molecule has 10 heteroatoms. The van der Waals surface area contributed by atoms with Crippen LogP contribution in [0.2, 0.25) is 0 Å². The van der Waals surface area contributed by atoms with Crippen LogP contribution >= 0.6 is 22.7 Å². The largest absolute Gasteiger partial charge is 0.311 e. The second kappa shape index (κ2) is 22.6. The SMILES string of the molecule is c1ccc(N(c2ccccc2)c2cc3c4c(c2)N(c2ccccc2)c2c(ccc5c2sc2ccccc25)B4c2cc4c(cc2N3c2ccccc2)N(c2ccccc2)c2cc(N(c3ccccc3)c3ccccc3)cc3c2B4c2ccc4c(sc5ccccc54)c2N3c2ccccc2)cc1. The van der Waals surface area contributed by atoms with Gasteiger partial charge in [0.05, 0.1) is 32.1 Å². The summed E-state index contributed by atoms with van der Waals surface area (Å²) in [5.41, 5.74) is 27.6. The summed E-state index contributed by atoms with van der Waals surface area (Å²) in [6.07, 6.45) is 0. The Kier molecular flexibility index (Phi) is 12.9. The first-order valence-electron chi connectivity index (χ1n) is 34.3. The van der Waals surface area contributed by atoms with Gasteiger partial charge in [-0.2, -0.15) is 0 Å². The Labute approximate surface area is 588 Å². The van der Waals surface area contributed by atoms with Crippen LogP contribution in [-0.2, 0) is 0 Å². The molecule has 466 valence electrons. The molecule has 0 amide bonds. The van der Waals surface area contributed by atoms with Crippen LogP contribution in [0.25, 0.3) is 40.3 Å². The molecule has 6 nitrogen and oxygen atoms in total. The highest BCUT2D eigenvalue weighted by molar-refractivity contribution is 7.27. The van der Waals surface area contributed by atoms with E-state index in [-0.39, 0.29) is 13.4 Å². The van der Waals surface area contributed by atoms with E-state index in [2.05, 4.69) is 381 Å². The Morgan fingerprint density at radius 3 is 0.850 bits per heavy atom. The molecule has 6 heterocycles. The van der Waals surface area contributed by atoms with Crippen LogP contribution in [-0.4, -0.2) is 13.4 Å². The van der Waals surface area contributed by atoms with Gasteiger partial charge in [0.15, 0.2) is 0 Å². The maximum Gasteiger partial charge on any atom is 0.252 e. The molecule has 0 fully saturated rings. The monoisotopic (exact) mass is 1310 g/mol. The van der Waals surface area contributed by atoms with Gasteiger partial charge in [-0.1, -0.05) is 212 Å². The van der Waals surface area contributed by atoms with E-state index in [0.717, 1.165) is 91.0 Å². The van der Waals surface area contributed by atoms with Crippen LogP contribution in [0.15, 0.2) is 352 Å². The summed E-state index contributed by atoms with van der Waals surface area (Å²) in [5.74, 6) is 0. The van der Waals surface area contributed by atoms with Crippen molar-refractivity contribution in [3.8, 4) is 0 Å². The summed E-state index contributed by atoms with van der Waals surface area (Å²) in [5, 5.41) is 5.07. The molecule has 17 aromatic rings. The Balaban J connectivity index is 0.922.